The molecule has 5 rings (SSSR count). The molecule has 2 unspecified atom stereocenters. The van der Waals surface area contributed by atoms with Gasteiger partial charge in [0.05, 0.1) is 0 Å². The molecule has 0 amide bonds. The fourth-order valence-electron chi connectivity index (χ4n) is 7.56. The Hall–Kier alpha value is -1.18. The van der Waals surface area contributed by atoms with E-state index in [0.717, 1.165) is 0 Å². The van der Waals surface area contributed by atoms with Gasteiger partial charge in [0.1, 0.15) is 0 Å². The Kier molecular flexibility index (Phi) is 7.72. The van der Waals surface area contributed by atoms with Gasteiger partial charge in [-0.15, -0.1) is 0 Å². The minimum atomic E-state index is -4.73. The summed E-state index contributed by atoms with van der Waals surface area (Å²) >= 11 is -4.73. The third kappa shape index (κ3) is 4.39. The van der Waals surface area contributed by atoms with Gasteiger partial charge < -0.3 is 0 Å². The second kappa shape index (κ2) is 10.3. The first-order valence-corrected chi connectivity index (χ1v) is 30.9. The van der Waals surface area contributed by atoms with Gasteiger partial charge in [0, 0.05) is 0 Å². The van der Waals surface area contributed by atoms with Crippen molar-refractivity contribution in [1.29, 1.82) is 0 Å². The van der Waals surface area contributed by atoms with E-state index >= 15 is 0 Å². The molecule has 0 fully saturated rings. The zero-order valence-electron chi connectivity index (χ0n) is 25.0. The van der Waals surface area contributed by atoms with Crippen molar-refractivity contribution < 1.29 is 15.6 Å². The minimum absolute atomic E-state index is 0.125. The Morgan fingerprint density at radius 1 is 0.692 bits per heavy atom. The van der Waals surface area contributed by atoms with Crippen LogP contribution in [0.3, 0.4) is 0 Å². The van der Waals surface area contributed by atoms with Gasteiger partial charge in [0.15, 0.2) is 0 Å². The molecular formula is C35H43Cl2SiZr. The standard InChI is InChI=1S/C17H15.C16H21.C2H7Si.2ClH.Zr/c1-12-10-16-13(2)8-9-15(17(16)11-12)14-6-4-3-5-7-14;1-10(2)13-8-15-12(5)6-7-14(11(3)4)16(15)9-13;1-3-2;;;/h3-11H,1-2H3;6-11H,1-5H3;3H,1-2H3;2*1H;/q;;;;;+2/p-2. The molecule has 0 bridgehead atoms. The summed E-state index contributed by atoms with van der Waals surface area (Å²) in [5.74, 6) is -0.726. The topological polar surface area (TPSA) is 0 Å². The summed E-state index contributed by atoms with van der Waals surface area (Å²) < 4.78 is 0.273. The van der Waals surface area contributed by atoms with E-state index in [2.05, 4.69) is 128 Å². The third-order valence-electron chi connectivity index (χ3n) is 9.67. The van der Waals surface area contributed by atoms with Crippen LogP contribution in [0.5, 0.6) is 0 Å². The van der Waals surface area contributed by atoms with Crippen molar-refractivity contribution >= 4 is 35.1 Å². The summed E-state index contributed by atoms with van der Waals surface area (Å²) in [4.78, 5) is 0. The average Bonchev–Trinajstić information content (AvgIpc) is 3.46. The van der Waals surface area contributed by atoms with Crippen LogP contribution in [-0.2, 0) is 15.6 Å². The molecule has 0 nitrogen and oxygen atoms in total. The molecule has 0 N–H and O–H groups in total. The van der Waals surface area contributed by atoms with Gasteiger partial charge in [0.25, 0.3) is 0 Å². The predicted molar refractivity (Wildman–Crippen MR) is 174 cm³/mol. The van der Waals surface area contributed by atoms with Crippen molar-refractivity contribution in [3.05, 3.63) is 105 Å². The Balaban J connectivity index is 1.83. The summed E-state index contributed by atoms with van der Waals surface area (Å²) in [7, 11) is 17.1. The van der Waals surface area contributed by atoms with Crippen molar-refractivity contribution in [2.45, 2.75) is 74.7 Å². The molecule has 3 aromatic rings. The van der Waals surface area contributed by atoms with Crippen LogP contribution in [0.2, 0.25) is 13.1 Å². The van der Waals surface area contributed by atoms with E-state index in [4.69, 9.17) is 17.0 Å². The number of fused-ring (bicyclic) bond motifs is 2. The number of halogens is 2. The second-order valence-electron chi connectivity index (χ2n) is 13.0. The molecule has 2 aliphatic carbocycles. The molecule has 205 valence electrons. The molecule has 2 atom stereocenters. The van der Waals surface area contributed by atoms with Crippen LogP contribution in [0, 0.1) is 19.8 Å². The van der Waals surface area contributed by atoms with E-state index in [0.29, 0.717) is 11.8 Å². The van der Waals surface area contributed by atoms with Gasteiger partial charge in [-0.1, -0.05) is 0 Å². The number of rotatable bonds is 6. The number of aryl methyl sites for hydroxylation is 2. The van der Waals surface area contributed by atoms with E-state index < -0.39 is 21.5 Å². The Morgan fingerprint density at radius 3 is 1.85 bits per heavy atom. The molecule has 0 aliphatic heterocycles. The fraction of sp³-hybridized carbons (Fsp3) is 0.371. The van der Waals surface area contributed by atoms with E-state index in [1.165, 1.54) is 61.2 Å². The van der Waals surface area contributed by atoms with Gasteiger partial charge in [0.2, 0.25) is 0 Å². The van der Waals surface area contributed by atoms with Gasteiger partial charge in [-0.05, 0) is 0 Å². The second-order valence-corrected chi connectivity index (χ2v) is 55.5. The summed E-state index contributed by atoms with van der Waals surface area (Å²) in [6.07, 6.45) is 4.93. The van der Waals surface area contributed by atoms with Crippen molar-refractivity contribution in [3.8, 4) is 11.1 Å². The maximum absolute atomic E-state index is 8.56. The predicted octanol–water partition coefficient (Wildman–Crippen LogP) is 11.3. The molecule has 2 aliphatic rings. The molecule has 0 heterocycles. The molecule has 3 aromatic carbocycles. The van der Waals surface area contributed by atoms with Gasteiger partial charge in [-0.3, -0.25) is 0 Å². The Morgan fingerprint density at radius 2 is 1.28 bits per heavy atom. The summed E-state index contributed by atoms with van der Waals surface area (Å²) in [5.41, 5.74) is 15.1. The first-order chi connectivity index (χ1) is 18.3. The van der Waals surface area contributed by atoms with Crippen LogP contribution in [0.25, 0.3) is 23.3 Å². The molecule has 0 saturated carbocycles. The summed E-state index contributed by atoms with van der Waals surface area (Å²) in [6, 6.07) is 20.0. The molecule has 4 heteroatoms. The van der Waals surface area contributed by atoms with Crippen molar-refractivity contribution in [2.75, 3.05) is 0 Å². The van der Waals surface area contributed by atoms with E-state index in [9.17, 15) is 0 Å². The average molecular weight is 654 g/mol. The van der Waals surface area contributed by atoms with Gasteiger partial charge in [-0.25, -0.2) is 0 Å². The quantitative estimate of drug-likeness (QED) is 0.232. The SMILES string of the molecule is CC1=Cc2c(-c3ccccc3)ccc(C)c2[CH]1[Zr]([Cl])([Cl])([CH]1C(C(C)C)=Cc2c(C(C)C)ccc(C)c21)[SiH](C)C. The normalized spacial score (nSPS) is 19.7. The van der Waals surface area contributed by atoms with Crippen LogP contribution in [0.1, 0.15) is 86.7 Å². The van der Waals surface area contributed by atoms with E-state index in [1.807, 2.05) is 0 Å². The first-order valence-electron chi connectivity index (χ1n) is 14.6. The zero-order valence-corrected chi connectivity index (χ0v) is 30.1. The Bertz CT molecular complexity index is 1510. The van der Waals surface area contributed by atoms with Crippen LogP contribution >= 0.6 is 17.0 Å². The monoisotopic (exact) mass is 651 g/mol. The number of hydrogen-bond acceptors (Lipinski definition) is 0. The molecule has 0 aromatic heterocycles. The van der Waals surface area contributed by atoms with Gasteiger partial charge >= 0.3 is 247 Å². The third-order valence-corrected chi connectivity index (χ3v) is 61.5. The van der Waals surface area contributed by atoms with Crippen molar-refractivity contribution in [1.82, 2.24) is 0 Å². The molecule has 0 saturated heterocycles. The Labute approximate surface area is 245 Å². The first kappa shape index (κ1) is 29.3. The zero-order chi connectivity index (χ0) is 28.5. The summed E-state index contributed by atoms with van der Waals surface area (Å²) in [5, 5.41) is 0. The molecule has 0 spiro atoms. The summed E-state index contributed by atoms with van der Waals surface area (Å²) in [6.45, 7) is 21.0. The molecular weight excluding hydrogens is 611 g/mol. The van der Waals surface area contributed by atoms with Crippen molar-refractivity contribution in [2.24, 2.45) is 5.92 Å². The van der Waals surface area contributed by atoms with Crippen LogP contribution < -0.4 is 0 Å². The van der Waals surface area contributed by atoms with Crippen LogP contribution in [0.4, 0.5) is 0 Å². The fourth-order valence-corrected chi connectivity index (χ4v) is 39.8. The molecule has 0 radical (unpaired) electrons. The van der Waals surface area contributed by atoms with Crippen molar-refractivity contribution in [3.63, 3.8) is 0 Å². The molecule has 39 heavy (non-hydrogen) atoms. The van der Waals surface area contributed by atoms with E-state index in [1.54, 1.807) is 0 Å². The van der Waals surface area contributed by atoms with Crippen LogP contribution in [-0.4, -0.2) is 5.92 Å². The van der Waals surface area contributed by atoms with E-state index in [-0.39, 0.29) is 7.25 Å². The number of hydrogen-bond donors (Lipinski definition) is 0. The maximum atomic E-state index is 8.56. The number of allylic oxidation sites excluding steroid dienone is 2. The van der Waals surface area contributed by atoms with Crippen LogP contribution in [0.15, 0.2) is 65.7 Å². The van der Waals surface area contributed by atoms with Gasteiger partial charge in [-0.2, -0.15) is 0 Å². The number of benzene rings is 3.